The number of nitrogens with two attached hydrogens (primary N) is 1. The van der Waals surface area contributed by atoms with Gasteiger partial charge in [-0.1, -0.05) is 6.07 Å². The van der Waals surface area contributed by atoms with E-state index in [9.17, 15) is 21.0 Å². The van der Waals surface area contributed by atoms with Crippen molar-refractivity contribution in [1.29, 1.82) is 21.0 Å². The van der Waals surface area contributed by atoms with E-state index >= 15 is 0 Å². The summed E-state index contributed by atoms with van der Waals surface area (Å²) in [7, 11) is 2.97. The minimum Gasteiger partial charge on any atom is -0.493 e. The lowest BCUT2D eigenvalue weighted by Crippen LogP contribution is -2.25. The molecule has 1 aromatic rings. The number of ether oxygens (including phenoxy) is 2. The van der Waals surface area contributed by atoms with Crippen LogP contribution in [0.4, 0.5) is 0 Å². The van der Waals surface area contributed by atoms with Crippen molar-refractivity contribution in [3.63, 3.8) is 0 Å². The number of aliphatic imine (C=N–C) groups is 1. The maximum absolute atomic E-state index is 9.91. The fourth-order valence-electron chi connectivity index (χ4n) is 3.78. The molecule has 0 aromatic heterocycles. The molecule has 0 radical (unpaired) electrons. The fraction of sp³-hybridized carbons (Fsp3) is 0.278. The number of nitriles is 4. The van der Waals surface area contributed by atoms with Crippen LogP contribution in [0.3, 0.4) is 0 Å². The second-order valence-corrected chi connectivity index (χ2v) is 5.83. The van der Waals surface area contributed by atoms with Crippen LogP contribution in [0.5, 0.6) is 11.5 Å². The van der Waals surface area contributed by atoms with Gasteiger partial charge in [-0.2, -0.15) is 21.0 Å². The van der Waals surface area contributed by atoms with E-state index in [-0.39, 0.29) is 17.1 Å². The molecule has 1 saturated carbocycles. The molecule has 3 rings (SSSR count). The van der Waals surface area contributed by atoms with Gasteiger partial charge in [0.05, 0.1) is 32.1 Å². The number of hydrogen-bond acceptors (Lipinski definition) is 8. The summed E-state index contributed by atoms with van der Waals surface area (Å²) in [5.41, 5.74) is 3.32. The van der Waals surface area contributed by atoms with Crippen LogP contribution < -0.4 is 15.2 Å². The second kappa shape index (κ2) is 5.52. The predicted octanol–water partition coefficient (Wildman–Crippen LogP) is 1.49. The maximum atomic E-state index is 9.91. The summed E-state index contributed by atoms with van der Waals surface area (Å²) in [5, 5.41) is 38.2. The first-order valence-electron chi connectivity index (χ1n) is 7.46. The van der Waals surface area contributed by atoms with Crippen LogP contribution in [0.25, 0.3) is 0 Å². The lowest BCUT2D eigenvalue weighted by atomic mass is 9.92. The Bertz CT molecular complexity index is 1030. The molecular weight excluding hydrogens is 332 g/mol. The summed E-state index contributed by atoms with van der Waals surface area (Å²) in [6, 6.07) is 12.7. The van der Waals surface area contributed by atoms with Gasteiger partial charge >= 0.3 is 0 Å². The highest BCUT2D eigenvalue weighted by Crippen LogP contribution is 2.80. The van der Waals surface area contributed by atoms with Gasteiger partial charge in [0.2, 0.25) is 0 Å². The van der Waals surface area contributed by atoms with Gasteiger partial charge in [-0.25, -0.2) is 4.99 Å². The Balaban J connectivity index is 2.27. The number of rotatable bonds is 3. The van der Waals surface area contributed by atoms with E-state index in [1.807, 2.05) is 0 Å². The monoisotopic (exact) mass is 344 g/mol. The highest BCUT2D eigenvalue weighted by Gasteiger charge is 2.86. The summed E-state index contributed by atoms with van der Waals surface area (Å²) in [4.78, 5) is 4.03. The van der Waals surface area contributed by atoms with Gasteiger partial charge in [0.15, 0.2) is 17.1 Å². The molecule has 3 unspecified atom stereocenters. The average Bonchev–Trinajstić information content (AvgIpc) is 3.23. The molecule has 2 N–H and O–H groups in total. The van der Waals surface area contributed by atoms with Crippen molar-refractivity contribution >= 4 is 5.84 Å². The van der Waals surface area contributed by atoms with Gasteiger partial charge in [0.25, 0.3) is 0 Å². The van der Waals surface area contributed by atoms with Crippen molar-refractivity contribution in [3.05, 3.63) is 35.0 Å². The number of benzene rings is 1. The van der Waals surface area contributed by atoms with Crippen LogP contribution >= 0.6 is 0 Å². The van der Waals surface area contributed by atoms with Crippen molar-refractivity contribution < 1.29 is 9.47 Å². The third-order valence-corrected chi connectivity index (χ3v) is 4.97. The molecule has 1 heterocycles. The number of fused-ring (bicyclic) bond motifs is 1. The SMILES string of the molecule is COc1ccc(C2C3(C#N)C(N)=NC(=C(C#N)C#N)C23C#N)cc1OC. The van der Waals surface area contributed by atoms with Gasteiger partial charge in [-0.05, 0) is 17.7 Å². The molecule has 1 aliphatic heterocycles. The van der Waals surface area contributed by atoms with Crippen molar-refractivity contribution in [2.24, 2.45) is 21.6 Å². The molecule has 3 atom stereocenters. The van der Waals surface area contributed by atoms with Gasteiger partial charge in [0.1, 0.15) is 28.8 Å². The van der Waals surface area contributed by atoms with Gasteiger partial charge in [0, 0.05) is 5.92 Å². The first-order valence-corrected chi connectivity index (χ1v) is 7.46. The summed E-state index contributed by atoms with van der Waals surface area (Å²) < 4.78 is 10.5. The van der Waals surface area contributed by atoms with Crippen LogP contribution in [0.2, 0.25) is 0 Å². The zero-order valence-electron chi connectivity index (χ0n) is 13.9. The standard InChI is InChI=1S/C18H12N6O2/c1-25-12-4-3-10(5-13(12)26-2)14-17(8-21)15(11(6-19)7-20)24-16(23)18(14,17)9-22/h3-5,14H,1-2H3,(H2,23,24). The zero-order chi connectivity index (χ0) is 19.1. The van der Waals surface area contributed by atoms with E-state index in [1.54, 1.807) is 30.3 Å². The lowest BCUT2D eigenvalue weighted by Gasteiger charge is -2.12. The molecule has 0 saturated heterocycles. The Kier molecular flexibility index (Phi) is 3.57. The number of methoxy groups -OCH3 is 2. The molecule has 0 amide bonds. The second-order valence-electron chi connectivity index (χ2n) is 5.83. The van der Waals surface area contributed by atoms with Crippen LogP contribution in [-0.2, 0) is 0 Å². The Labute approximate surface area is 149 Å². The van der Waals surface area contributed by atoms with Crippen molar-refractivity contribution in [3.8, 4) is 35.8 Å². The Hall–Kier alpha value is -4.01. The summed E-state index contributed by atoms with van der Waals surface area (Å²) in [6.45, 7) is 0. The summed E-state index contributed by atoms with van der Waals surface area (Å²) >= 11 is 0. The van der Waals surface area contributed by atoms with Gasteiger partial charge in [-0.15, -0.1) is 0 Å². The molecule has 8 heteroatoms. The normalized spacial score (nSPS) is 27.7. The first-order chi connectivity index (χ1) is 12.5. The smallest absolute Gasteiger partial charge is 0.160 e. The molecular formula is C18H12N6O2. The fourth-order valence-corrected chi connectivity index (χ4v) is 3.78. The average molecular weight is 344 g/mol. The number of nitrogens with zero attached hydrogens (tertiary/aromatic N) is 5. The van der Waals surface area contributed by atoms with Crippen molar-refractivity contribution in [2.75, 3.05) is 14.2 Å². The highest BCUT2D eigenvalue weighted by molar-refractivity contribution is 6.02. The largest absolute Gasteiger partial charge is 0.493 e. The van der Waals surface area contributed by atoms with Crippen molar-refractivity contribution in [1.82, 2.24) is 0 Å². The first kappa shape index (κ1) is 16.8. The van der Waals surface area contributed by atoms with E-state index in [0.717, 1.165) is 0 Å². The molecule has 2 aliphatic rings. The lowest BCUT2D eigenvalue weighted by molar-refractivity contribution is 0.354. The molecule has 0 spiro atoms. The van der Waals surface area contributed by atoms with Crippen LogP contribution in [-0.4, -0.2) is 20.1 Å². The molecule has 1 aliphatic carbocycles. The maximum Gasteiger partial charge on any atom is 0.160 e. The van der Waals surface area contributed by atoms with Crippen molar-refractivity contribution in [2.45, 2.75) is 5.92 Å². The minimum absolute atomic E-state index is 0.0520. The number of amidine groups is 1. The van der Waals surface area contributed by atoms with E-state index in [1.165, 1.54) is 14.2 Å². The predicted molar refractivity (Wildman–Crippen MR) is 88.3 cm³/mol. The Morgan fingerprint density at radius 3 is 2.15 bits per heavy atom. The van der Waals surface area contributed by atoms with Crippen LogP contribution in [0.15, 0.2) is 34.5 Å². The highest BCUT2D eigenvalue weighted by atomic mass is 16.5. The van der Waals surface area contributed by atoms with E-state index in [0.29, 0.717) is 17.1 Å². The minimum atomic E-state index is -1.48. The molecule has 1 aromatic carbocycles. The van der Waals surface area contributed by atoms with E-state index in [2.05, 4.69) is 17.1 Å². The molecule has 26 heavy (non-hydrogen) atoms. The van der Waals surface area contributed by atoms with Gasteiger partial charge < -0.3 is 15.2 Å². The van der Waals surface area contributed by atoms with Gasteiger partial charge in [-0.3, -0.25) is 0 Å². The number of hydrogen-bond donors (Lipinski definition) is 1. The Morgan fingerprint density at radius 1 is 1.04 bits per heavy atom. The van der Waals surface area contributed by atoms with E-state index in [4.69, 9.17) is 15.2 Å². The zero-order valence-corrected chi connectivity index (χ0v) is 13.9. The van der Waals surface area contributed by atoms with Crippen LogP contribution in [0.1, 0.15) is 11.5 Å². The molecule has 8 nitrogen and oxygen atoms in total. The third kappa shape index (κ3) is 1.66. The summed E-state index contributed by atoms with van der Waals surface area (Å²) in [6.07, 6.45) is 0. The quantitative estimate of drug-likeness (QED) is 0.815. The topological polar surface area (TPSA) is 152 Å². The summed E-state index contributed by atoms with van der Waals surface area (Å²) in [5.74, 6) is 0.178. The molecule has 0 bridgehead atoms. The third-order valence-electron chi connectivity index (χ3n) is 4.97. The molecule has 126 valence electrons. The molecule has 1 fully saturated rings. The Morgan fingerprint density at radius 2 is 1.65 bits per heavy atom. The number of allylic oxidation sites excluding steroid dienone is 2. The van der Waals surface area contributed by atoms with Crippen LogP contribution in [0, 0.1) is 56.2 Å². The van der Waals surface area contributed by atoms with E-state index < -0.39 is 16.7 Å².